The number of likely N-dealkylation sites (tertiary alicyclic amines) is 1. The highest BCUT2D eigenvalue weighted by molar-refractivity contribution is 5.93. The van der Waals surface area contributed by atoms with E-state index >= 15 is 0 Å². The van der Waals surface area contributed by atoms with Gasteiger partial charge in [-0.3, -0.25) is 9.59 Å². The monoisotopic (exact) mass is 383 g/mol. The van der Waals surface area contributed by atoms with Crippen LogP contribution in [0.4, 0.5) is 4.79 Å². The predicted octanol–water partition coefficient (Wildman–Crippen LogP) is 0.872. The normalized spacial score (nSPS) is 27.5. The predicted molar refractivity (Wildman–Crippen MR) is 95.9 cm³/mol. The Balaban J connectivity index is 1.92. The third-order valence-corrected chi connectivity index (χ3v) is 4.82. The lowest BCUT2D eigenvalue weighted by Crippen LogP contribution is -2.64. The molecule has 1 unspecified atom stereocenters. The van der Waals surface area contributed by atoms with Crippen LogP contribution in [-0.4, -0.2) is 64.2 Å². The average Bonchev–Trinajstić information content (AvgIpc) is 2.98. The van der Waals surface area contributed by atoms with E-state index in [1.54, 1.807) is 20.8 Å². The molecule has 1 aliphatic heterocycles. The highest BCUT2D eigenvalue weighted by Gasteiger charge is 2.51. The van der Waals surface area contributed by atoms with Crippen LogP contribution < -0.4 is 10.6 Å². The Morgan fingerprint density at radius 1 is 1.22 bits per heavy atom. The molecule has 9 nitrogen and oxygen atoms in total. The SMILES string of the molecule is CC1CC(NC(=O)C2CCCN2C(=O)CNC(=O)OC(C)(C)C)(C(=O)O)C1. The van der Waals surface area contributed by atoms with Gasteiger partial charge in [-0.05, 0) is 52.4 Å². The molecule has 1 heterocycles. The number of hydrogen-bond acceptors (Lipinski definition) is 5. The summed E-state index contributed by atoms with van der Waals surface area (Å²) in [5.74, 6) is -1.66. The fourth-order valence-corrected chi connectivity index (χ4v) is 3.68. The van der Waals surface area contributed by atoms with Crippen molar-refractivity contribution in [3.8, 4) is 0 Å². The second kappa shape index (κ2) is 7.74. The molecule has 0 aromatic rings. The molecule has 152 valence electrons. The molecule has 1 saturated heterocycles. The van der Waals surface area contributed by atoms with Gasteiger partial charge < -0.3 is 25.4 Å². The number of nitrogens with one attached hydrogen (secondary N) is 2. The van der Waals surface area contributed by atoms with Crippen LogP contribution in [0.3, 0.4) is 0 Å². The molecule has 0 radical (unpaired) electrons. The molecule has 1 saturated carbocycles. The van der Waals surface area contributed by atoms with Gasteiger partial charge in [-0.1, -0.05) is 6.92 Å². The summed E-state index contributed by atoms with van der Waals surface area (Å²) in [4.78, 5) is 49.7. The Hall–Kier alpha value is -2.32. The first-order chi connectivity index (χ1) is 12.4. The fraction of sp³-hybridized carbons (Fsp3) is 0.778. The molecule has 1 aliphatic carbocycles. The van der Waals surface area contributed by atoms with Gasteiger partial charge in [-0.15, -0.1) is 0 Å². The van der Waals surface area contributed by atoms with Gasteiger partial charge in [0.15, 0.2) is 0 Å². The minimum atomic E-state index is -1.23. The van der Waals surface area contributed by atoms with Crippen molar-refractivity contribution in [1.82, 2.24) is 15.5 Å². The molecular formula is C18H29N3O6. The average molecular weight is 383 g/mol. The molecular weight excluding hydrogens is 354 g/mol. The Kier molecular flexibility index (Phi) is 6.01. The third kappa shape index (κ3) is 5.11. The molecule has 1 atom stereocenters. The van der Waals surface area contributed by atoms with Crippen molar-refractivity contribution in [3.63, 3.8) is 0 Å². The summed E-state index contributed by atoms with van der Waals surface area (Å²) in [6.07, 6.45) is 1.18. The van der Waals surface area contributed by atoms with Crippen LogP contribution in [0, 0.1) is 5.92 Å². The Labute approximate surface area is 158 Å². The minimum absolute atomic E-state index is 0.237. The number of alkyl carbamates (subject to hydrolysis) is 1. The summed E-state index contributed by atoms with van der Waals surface area (Å²) >= 11 is 0. The number of aliphatic carboxylic acids is 1. The van der Waals surface area contributed by atoms with Crippen molar-refractivity contribution in [2.24, 2.45) is 5.92 Å². The van der Waals surface area contributed by atoms with Crippen LogP contribution in [-0.2, 0) is 19.1 Å². The van der Waals surface area contributed by atoms with E-state index in [-0.39, 0.29) is 12.5 Å². The molecule has 0 bridgehead atoms. The van der Waals surface area contributed by atoms with Gasteiger partial charge >= 0.3 is 12.1 Å². The first-order valence-electron chi connectivity index (χ1n) is 9.25. The van der Waals surface area contributed by atoms with Gasteiger partial charge in [0.25, 0.3) is 0 Å². The van der Waals surface area contributed by atoms with E-state index in [1.807, 2.05) is 6.92 Å². The number of amides is 3. The van der Waals surface area contributed by atoms with E-state index in [1.165, 1.54) is 4.90 Å². The van der Waals surface area contributed by atoms with E-state index in [0.717, 1.165) is 0 Å². The topological polar surface area (TPSA) is 125 Å². The Bertz CT molecular complexity index is 621. The molecule has 2 aliphatic rings. The molecule has 0 aromatic carbocycles. The molecule has 3 N–H and O–H groups in total. The van der Waals surface area contributed by atoms with E-state index in [2.05, 4.69) is 10.6 Å². The van der Waals surface area contributed by atoms with Crippen LogP contribution in [0.2, 0.25) is 0 Å². The Morgan fingerprint density at radius 3 is 2.37 bits per heavy atom. The van der Waals surface area contributed by atoms with Crippen LogP contribution in [0.1, 0.15) is 53.4 Å². The number of carboxylic acid groups (broad SMARTS) is 1. The van der Waals surface area contributed by atoms with Crippen molar-refractivity contribution >= 4 is 23.9 Å². The van der Waals surface area contributed by atoms with Gasteiger partial charge in [0, 0.05) is 6.54 Å². The first-order valence-corrected chi connectivity index (χ1v) is 9.25. The number of rotatable bonds is 5. The quantitative estimate of drug-likeness (QED) is 0.647. The van der Waals surface area contributed by atoms with Gasteiger partial charge in [-0.25, -0.2) is 9.59 Å². The molecule has 9 heteroatoms. The number of carbonyl (C=O) groups excluding carboxylic acids is 3. The lowest BCUT2D eigenvalue weighted by Gasteiger charge is -2.44. The summed E-state index contributed by atoms with van der Waals surface area (Å²) in [5, 5.41) is 14.5. The van der Waals surface area contributed by atoms with Crippen molar-refractivity contribution < 1.29 is 29.0 Å². The molecule has 2 rings (SSSR count). The van der Waals surface area contributed by atoms with E-state index in [9.17, 15) is 24.3 Å². The van der Waals surface area contributed by atoms with Crippen LogP contribution in [0.5, 0.6) is 0 Å². The highest BCUT2D eigenvalue weighted by atomic mass is 16.6. The van der Waals surface area contributed by atoms with Gasteiger partial charge in [-0.2, -0.15) is 0 Å². The van der Waals surface area contributed by atoms with Crippen molar-refractivity contribution in [2.45, 2.75) is 70.6 Å². The fourth-order valence-electron chi connectivity index (χ4n) is 3.68. The zero-order chi connectivity index (χ0) is 20.4. The van der Waals surface area contributed by atoms with Crippen molar-refractivity contribution in [2.75, 3.05) is 13.1 Å². The van der Waals surface area contributed by atoms with Gasteiger partial charge in [0.05, 0.1) is 0 Å². The summed E-state index contributed by atoms with van der Waals surface area (Å²) in [5.41, 5.74) is -1.91. The zero-order valence-electron chi connectivity index (χ0n) is 16.3. The Morgan fingerprint density at radius 2 is 1.85 bits per heavy atom. The van der Waals surface area contributed by atoms with Crippen molar-refractivity contribution in [1.29, 1.82) is 0 Å². The van der Waals surface area contributed by atoms with Crippen LogP contribution >= 0.6 is 0 Å². The molecule has 2 fully saturated rings. The lowest BCUT2D eigenvalue weighted by atomic mass is 9.69. The summed E-state index contributed by atoms with van der Waals surface area (Å²) < 4.78 is 5.08. The first kappa shape index (κ1) is 21.0. The summed E-state index contributed by atoms with van der Waals surface area (Å²) in [6.45, 7) is 7.20. The molecule has 0 aromatic heterocycles. The van der Waals surface area contributed by atoms with Crippen molar-refractivity contribution in [3.05, 3.63) is 0 Å². The maximum absolute atomic E-state index is 12.6. The number of carboxylic acids is 1. The van der Waals surface area contributed by atoms with E-state index < -0.39 is 41.1 Å². The van der Waals surface area contributed by atoms with Crippen LogP contribution in [0.25, 0.3) is 0 Å². The smallest absolute Gasteiger partial charge is 0.408 e. The number of ether oxygens (including phenoxy) is 1. The second-order valence-electron chi connectivity index (χ2n) is 8.49. The number of nitrogens with zero attached hydrogens (tertiary/aromatic N) is 1. The minimum Gasteiger partial charge on any atom is -0.480 e. The molecule has 3 amide bonds. The third-order valence-electron chi connectivity index (χ3n) is 4.82. The van der Waals surface area contributed by atoms with E-state index in [4.69, 9.17) is 4.74 Å². The summed E-state index contributed by atoms with van der Waals surface area (Å²) in [6, 6.07) is -0.718. The van der Waals surface area contributed by atoms with Crippen LogP contribution in [0.15, 0.2) is 0 Å². The lowest BCUT2D eigenvalue weighted by molar-refractivity contribution is -0.155. The molecule has 27 heavy (non-hydrogen) atoms. The maximum atomic E-state index is 12.6. The largest absolute Gasteiger partial charge is 0.480 e. The maximum Gasteiger partial charge on any atom is 0.408 e. The summed E-state index contributed by atoms with van der Waals surface area (Å²) in [7, 11) is 0. The van der Waals surface area contributed by atoms with Gasteiger partial charge in [0.2, 0.25) is 11.8 Å². The molecule has 0 spiro atoms. The van der Waals surface area contributed by atoms with Gasteiger partial charge in [0.1, 0.15) is 23.7 Å². The second-order valence-corrected chi connectivity index (χ2v) is 8.49. The number of carbonyl (C=O) groups is 4. The van der Waals surface area contributed by atoms with E-state index in [0.29, 0.717) is 32.2 Å². The highest BCUT2D eigenvalue weighted by Crippen LogP contribution is 2.38. The standard InChI is InChI=1S/C18H29N3O6/c1-11-8-18(9-11,15(24)25)20-14(23)12-6-5-7-21(12)13(22)10-19-16(26)27-17(2,3)4/h11-12H,5-10H2,1-4H3,(H,19,26)(H,20,23)(H,24,25). The zero-order valence-corrected chi connectivity index (χ0v) is 16.3. The number of hydrogen-bond donors (Lipinski definition) is 3.